The van der Waals surface area contributed by atoms with Crippen LogP contribution < -0.4 is 5.32 Å². The van der Waals surface area contributed by atoms with Crippen molar-refractivity contribution in [2.75, 3.05) is 26.9 Å². The largest absolute Gasteiger partial charge is 0.464 e. The van der Waals surface area contributed by atoms with Crippen LogP contribution in [0.4, 0.5) is 0 Å². The summed E-state index contributed by atoms with van der Waals surface area (Å²) in [7, 11) is 1.68. The molecule has 1 heterocycles. The van der Waals surface area contributed by atoms with Gasteiger partial charge in [-0.2, -0.15) is 5.10 Å². The molecule has 6 heteroatoms. The van der Waals surface area contributed by atoms with Gasteiger partial charge in [0.1, 0.15) is 6.04 Å². The number of aryl methyl sites for hydroxylation is 1. The molecule has 1 N–H and O–H groups in total. The Hall–Kier alpha value is -1.40. The normalized spacial score (nSPS) is 12.4. The highest BCUT2D eigenvalue weighted by Crippen LogP contribution is 2.20. The molecule has 1 aromatic rings. The Balaban J connectivity index is 2.86. The second-order valence-corrected chi connectivity index (χ2v) is 4.94. The van der Waals surface area contributed by atoms with Gasteiger partial charge in [0.2, 0.25) is 0 Å². The first kappa shape index (κ1) is 17.7. The summed E-state index contributed by atoms with van der Waals surface area (Å²) in [5, 5.41) is 7.84. The Labute approximate surface area is 126 Å². The summed E-state index contributed by atoms with van der Waals surface area (Å²) < 4.78 is 11.9. The number of ether oxygens (including phenoxy) is 2. The Kier molecular flexibility index (Phi) is 7.39. The second-order valence-electron chi connectivity index (χ2n) is 4.94. The van der Waals surface area contributed by atoms with Crippen LogP contribution in [0, 0.1) is 13.8 Å². The first-order chi connectivity index (χ1) is 10.1. The molecule has 1 atom stereocenters. The van der Waals surface area contributed by atoms with E-state index in [4.69, 9.17) is 9.47 Å². The molecule has 1 unspecified atom stereocenters. The maximum absolute atomic E-state index is 12.0. The number of carbonyl (C=O) groups excluding carboxylic acids is 1. The minimum Gasteiger partial charge on any atom is -0.464 e. The lowest BCUT2D eigenvalue weighted by Crippen LogP contribution is -2.24. The van der Waals surface area contributed by atoms with Crippen molar-refractivity contribution in [2.45, 2.75) is 46.7 Å². The Morgan fingerprint density at radius 1 is 1.38 bits per heavy atom. The quantitative estimate of drug-likeness (QED) is 0.555. The van der Waals surface area contributed by atoms with E-state index in [0.29, 0.717) is 19.6 Å². The summed E-state index contributed by atoms with van der Waals surface area (Å²) in [6.45, 7) is 10.3. The fourth-order valence-corrected chi connectivity index (χ4v) is 2.32. The number of methoxy groups -OCH3 is 1. The predicted molar refractivity (Wildman–Crippen MR) is 81.2 cm³/mol. The molecule has 0 saturated carbocycles. The highest BCUT2D eigenvalue weighted by Gasteiger charge is 2.24. The van der Waals surface area contributed by atoms with Gasteiger partial charge in [-0.3, -0.25) is 4.68 Å². The first-order valence-electron chi connectivity index (χ1n) is 7.47. The Morgan fingerprint density at radius 2 is 2.10 bits per heavy atom. The number of hydrogen-bond donors (Lipinski definition) is 1. The van der Waals surface area contributed by atoms with E-state index in [2.05, 4.69) is 10.4 Å². The minimum absolute atomic E-state index is 0.218. The standard InChI is InChI=1S/C15H27N3O3/c1-6-14(15(19)21-7-2)18-12(4)13(11(3)17-18)10-16-8-9-20-5/h14,16H,6-10H2,1-5H3. The van der Waals surface area contributed by atoms with Gasteiger partial charge in [-0.15, -0.1) is 0 Å². The zero-order valence-electron chi connectivity index (χ0n) is 13.7. The van der Waals surface area contributed by atoms with Gasteiger partial charge in [0, 0.05) is 31.5 Å². The number of esters is 1. The SMILES string of the molecule is CCOC(=O)C(CC)n1nc(C)c(CNCCOC)c1C. The van der Waals surface area contributed by atoms with Crippen LogP contribution in [0.15, 0.2) is 0 Å². The van der Waals surface area contributed by atoms with Gasteiger partial charge in [-0.05, 0) is 27.2 Å². The van der Waals surface area contributed by atoms with Gasteiger partial charge in [0.25, 0.3) is 0 Å². The topological polar surface area (TPSA) is 65.4 Å². The van der Waals surface area contributed by atoms with Crippen molar-refractivity contribution in [2.24, 2.45) is 0 Å². The zero-order valence-corrected chi connectivity index (χ0v) is 13.7. The molecule has 0 aromatic carbocycles. The lowest BCUT2D eigenvalue weighted by molar-refractivity contribution is -0.147. The van der Waals surface area contributed by atoms with Crippen molar-refractivity contribution in [1.29, 1.82) is 0 Å². The summed E-state index contributed by atoms with van der Waals surface area (Å²) >= 11 is 0. The van der Waals surface area contributed by atoms with Crippen LogP contribution in [0.5, 0.6) is 0 Å². The van der Waals surface area contributed by atoms with Crippen molar-refractivity contribution < 1.29 is 14.3 Å². The van der Waals surface area contributed by atoms with Gasteiger partial charge in [-0.25, -0.2) is 4.79 Å². The smallest absolute Gasteiger partial charge is 0.330 e. The van der Waals surface area contributed by atoms with Gasteiger partial charge < -0.3 is 14.8 Å². The van der Waals surface area contributed by atoms with Crippen LogP contribution in [0.2, 0.25) is 0 Å². The summed E-state index contributed by atoms with van der Waals surface area (Å²) in [6, 6.07) is -0.351. The third-order valence-electron chi connectivity index (χ3n) is 3.50. The molecule has 0 saturated heterocycles. The molecule has 0 amide bonds. The molecule has 0 aliphatic rings. The summed E-state index contributed by atoms with van der Waals surface area (Å²) in [4.78, 5) is 12.0. The fraction of sp³-hybridized carbons (Fsp3) is 0.733. The van der Waals surface area contributed by atoms with E-state index in [0.717, 1.165) is 30.0 Å². The monoisotopic (exact) mass is 297 g/mol. The van der Waals surface area contributed by atoms with Crippen LogP contribution >= 0.6 is 0 Å². The van der Waals surface area contributed by atoms with E-state index >= 15 is 0 Å². The molecule has 1 aromatic heterocycles. The third-order valence-corrected chi connectivity index (χ3v) is 3.50. The molecule has 0 radical (unpaired) electrons. The van der Waals surface area contributed by atoms with E-state index in [1.807, 2.05) is 27.7 Å². The molecule has 6 nitrogen and oxygen atoms in total. The summed E-state index contributed by atoms with van der Waals surface area (Å²) in [6.07, 6.45) is 0.664. The van der Waals surface area contributed by atoms with Crippen LogP contribution in [0.3, 0.4) is 0 Å². The fourth-order valence-electron chi connectivity index (χ4n) is 2.32. The predicted octanol–water partition coefficient (Wildman–Crippen LogP) is 1.75. The maximum Gasteiger partial charge on any atom is 0.330 e. The second kappa shape index (κ2) is 8.79. The molecular formula is C15H27N3O3. The average Bonchev–Trinajstić information content (AvgIpc) is 2.72. The number of nitrogens with one attached hydrogen (secondary N) is 1. The number of hydrogen-bond acceptors (Lipinski definition) is 5. The van der Waals surface area contributed by atoms with E-state index in [1.54, 1.807) is 11.8 Å². The third kappa shape index (κ3) is 4.54. The summed E-state index contributed by atoms with van der Waals surface area (Å²) in [5.74, 6) is -0.218. The lowest BCUT2D eigenvalue weighted by Gasteiger charge is -2.16. The van der Waals surface area contributed by atoms with E-state index in [-0.39, 0.29) is 12.0 Å². The summed E-state index contributed by atoms with van der Waals surface area (Å²) in [5.41, 5.74) is 3.09. The molecule has 0 aliphatic heterocycles. The number of rotatable bonds is 9. The van der Waals surface area contributed by atoms with Crippen molar-refractivity contribution in [3.8, 4) is 0 Å². The highest BCUT2D eigenvalue weighted by molar-refractivity contribution is 5.74. The van der Waals surface area contributed by atoms with E-state index < -0.39 is 0 Å². The Bertz CT molecular complexity index is 457. The van der Waals surface area contributed by atoms with Crippen molar-refractivity contribution in [1.82, 2.24) is 15.1 Å². The number of carbonyl (C=O) groups is 1. The van der Waals surface area contributed by atoms with Crippen molar-refractivity contribution in [3.05, 3.63) is 17.0 Å². The van der Waals surface area contributed by atoms with Gasteiger partial charge in [-0.1, -0.05) is 6.92 Å². The van der Waals surface area contributed by atoms with Crippen molar-refractivity contribution in [3.63, 3.8) is 0 Å². The van der Waals surface area contributed by atoms with Crippen molar-refractivity contribution >= 4 is 5.97 Å². The van der Waals surface area contributed by atoms with E-state index in [1.165, 1.54) is 0 Å². The molecule has 0 bridgehead atoms. The molecule has 120 valence electrons. The van der Waals surface area contributed by atoms with Crippen LogP contribution in [0.25, 0.3) is 0 Å². The van der Waals surface area contributed by atoms with Crippen LogP contribution in [0.1, 0.15) is 43.3 Å². The first-order valence-corrected chi connectivity index (χ1v) is 7.47. The Morgan fingerprint density at radius 3 is 2.67 bits per heavy atom. The average molecular weight is 297 g/mol. The number of nitrogens with zero attached hydrogens (tertiary/aromatic N) is 2. The molecule has 0 fully saturated rings. The van der Waals surface area contributed by atoms with Gasteiger partial charge >= 0.3 is 5.97 Å². The minimum atomic E-state index is -0.351. The van der Waals surface area contributed by atoms with E-state index in [9.17, 15) is 4.79 Å². The van der Waals surface area contributed by atoms with Gasteiger partial charge in [0.05, 0.1) is 18.9 Å². The molecule has 0 spiro atoms. The maximum atomic E-state index is 12.0. The molecule has 1 rings (SSSR count). The zero-order chi connectivity index (χ0) is 15.8. The van der Waals surface area contributed by atoms with Crippen LogP contribution in [-0.2, 0) is 20.8 Å². The lowest BCUT2D eigenvalue weighted by atomic mass is 10.1. The highest BCUT2D eigenvalue weighted by atomic mass is 16.5. The molecular weight excluding hydrogens is 270 g/mol. The number of aromatic nitrogens is 2. The van der Waals surface area contributed by atoms with Crippen LogP contribution in [-0.4, -0.2) is 42.6 Å². The molecule has 21 heavy (non-hydrogen) atoms. The van der Waals surface area contributed by atoms with Gasteiger partial charge in [0.15, 0.2) is 0 Å². The molecule has 0 aliphatic carbocycles.